The lowest BCUT2D eigenvalue weighted by atomic mass is 10.0. The number of hydrogen-bond acceptors (Lipinski definition) is 12. The number of aromatic nitrogens is 6. The van der Waals surface area contributed by atoms with E-state index in [1.165, 1.54) is 12.4 Å². The maximum Gasteiger partial charge on any atom is 0.425 e. The molecule has 4 aromatic heterocycles. The molecule has 2 fully saturated rings. The molecule has 7 rings (SSSR count). The molecule has 4 amide bonds. The number of fused-ring (bicyclic) bond motifs is 2. The summed E-state index contributed by atoms with van der Waals surface area (Å²) in [5, 5.41) is 16.9. The van der Waals surface area contributed by atoms with E-state index in [0.717, 1.165) is 23.8 Å². The lowest BCUT2D eigenvalue weighted by molar-refractivity contribution is -0.165. The molecule has 0 atom stereocenters. The fourth-order valence-electron chi connectivity index (χ4n) is 5.75. The van der Waals surface area contributed by atoms with Gasteiger partial charge < -0.3 is 23.9 Å². The molecule has 0 saturated heterocycles. The number of carbonyl (C=O) groups excluding carboxylic acids is 3. The third-order valence-corrected chi connectivity index (χ3v) is 8.36. The normalized spacial score (nSPS) is 15.8. The number of imide groups is 1. The van der Waals surface area contributed by atoms with Crippen LogP contribution in [0.1, 0.15) is 79.0 Å². The molecule has 19 heteroatoms. The van der Waals surface area contributed by atoms with Crippen LogP contribution in [0, 0.1) is 0 Å². The summed E-state index contributed by atoms with van der Waals surface area (Å²) in [4.78, 5) is 49.9. The standard InChI is InChI=1S/C33H34F3N9O7/c1-30(2,3)49-28(47)45(29(48)50-31(4,5)6)26-22-18(14-44(16-7-8-16)25(22)37-15-38-26)17-9-10-19(24-23(17)42-52-43-24)39-27(46)40-21-13-20(51-41-21)32(11-12-32)33(34,35)36/h9-10,13-16H,7-8,11-12H2,1-6H3,(H2,39,40,41,46). The number of nitrogens with one attached hydrogen (secondary N) is 2. The minimum atomic E-state index is -4.51. The second-order valence-corrected chi connectivity index (χ2v) is 14.7. The number of nitrogens with zero attached hydrogens (tertiary/aromatic N) is 7. The lowest BCUT2D eigenvalue weighted by Gasteiger charge is -2.28. The molecule has 2 saturated carbocycles. The summed E-state index contributed by atoms with van der Waals surface area (Å²) in [7, 11) is 0. The molecular weight excluding hydrogens is 691 g/mol. The number of alkyl halides is 3. The number of amides is 4. The molecule has 4 heterocycles. The van der Waals surface area contributed by atoms with Crippen molar-refractivity contribution in [2.75, 3.05) is 15.5 Å². The van der Waals surface area contributed by atoms with E-state index in [-0.39, 0.29) is 53.0 Å². The van der Waals surface area contributed by atoms with Crippen LogP contribution in [0.3, 0.4) is 0 Å². The molecule has 0 spiro atoms. The van der Waals surface area contributed by atoms with Crippen LogP contribution in [0.2, 0.25) is 0 Å². The van der Waals surface area contributed by atoms with Gasteiger partial charge in [-0.25, -0.2) is 29.0 Å². The molecule has 16 nitrogen and oxygen atoms in total. The smallest absolute Gasteiger partial charge is 0.425 e. The van der Waals surface area contributed by atoms with Crippen LogP contribution in [-0.4, -0.2) is 65.6 Å². The molecule has 5 aromatic rings. The summed E-state index contributed by atoms with van der Waals surface area (Å²) < 4.78 is 63.8. The van der Waals surface area contributed by atoms with E-state index in [0.29, 0.717) is 22.2 Å². The summed E-state index contributed by atoms with van der Waals surface area (Å²) in [6.07, 6.45) is -2.02. The van der Waals surface area contributed by atoms with Crippen molar-refractivity contribution in [3.05, 3.63) is 36.5 Å². The predicted octanol–water partition coefficient (Wildman–Crippen LogP) is 7.87. The van der Waals surface area contributed by atoms with E-state index < -0.39 is 41.0 Å². The fourth-order valence-corrected chi connectivity index (χ4v) is 5.75. The van der Waals surface area contributed by atoms with E-state index in [2.05, 4.69) is 36.1 Å². The van der Waals surface area contributed by atoms with Gasteiger partial charge in [-0.05, 0) is 89.7 Å². The SMILES string of the molecule is CC(C)(C)OC(=O)N(C(=O)OC(C)(C)C)c1ncnc2c1c(-c1ccc(NC(=O)Nc3cc(C4(C(F)(F)F)CC4)on3)c3nonc13)cn2C1CC1. The maximum atomic E-state index is 13.7. The van der Waals surface area contributed by atoms with Gasteiger partial charge in [0.15, 0.2) is 22.9 Å². The highest BCUT2D eigenvalue weighted by atomic mass is 19.4. The van der Waals surface area contributed by atoms with Gasteiger partial charge in [0, 0.05) is 29.4 Å². The van der Waals surface area contributed by atoms with Crippen molar-refractivity contribution >= 4 is 57.6 Å². The highest BCUT2D eigenvalue weighted by Gasteiger charge is 2.67. The zero-order chi connectivity index (χ0) is 37.4. The van der Waals surface area contributed by atoms with Crippen LogP contribution in [0.15, 0.2) is 39.9 Å². The van der Waals surface area contributed by atoms with Crippen LogP contribution in [-0.2, 0) is 14.9 Å². The summed E-state index contributed by atoms with van der Waals surface area (Å²) in [6.45, 7) is 9.96. The summed E-state index contributed by atoms with van der Waals surface area (Å²) in [6, 6.07) is 3.42. The minimum Gasteiger partial charge on any atom is -0.443 e. The largest absolute Gasteiger partial charge is 0.443 e. The van der Waals surface area contributed by atoms with Crippen LogP contribution in [0.5, 0.6) is 0 Å². The van der Waals surface area contributed by atoms with E-state index in [4.69, 9.17) is 18.6 Å². The van der Waals surface area contributed by atoms with Gasteiger partial charge in [0.1, 0.15) is 34.1 Å². The Balaban J connectivity index is 1.26. The Labute approximate surface area is 292 Å². The number of rotatable bonds is 6. The molecule has 2 aliphatic carbocycles. The molecule has 274 valence electrons. The molecule has 0 unspecified atom stereocenters. The first-order chi connectivity index (χ1) is 24.3. The number of anilines is 3. The van der Waals surface area contributed by atoms with Gasteiger partial charge in [-0.3, -0.25) is 5.32 Å². The Morgan fingerprint density at radius 3 is 2.15 bits per heavy atom. The molecule has 2 N–H and O–H groups in total. The first-order valence-electron chi connectivity index (χ1n) is 16.3. The topological polar surface area (TPSA) is 193 Å². The average Bonchev–Trinajstić information content (AvgIpc) is 3.89. The second-order valence-electron chi connectivity index (χ2n) is 14.7. The maximum absolute atomic E-state index is 13.7. The van der Waals surface area contributed by atoms with Crippen LogP contribution < -0.4 is 15.5 Å². The van der Waals surface area contributed by atoms with Crippen molar-refractivity contribution < 1.29 is 46.2 Å². The molecule has 0 radical (unpaired) electrons. The number of hydrogen-bond donors (Lipinski definition) is 2. The van der Waals surface area contributed by atoms with Gasteiger partial charge in [-0.1, -0.05) is 5.16 Å². The summed E-state index contributed by atoms with van der Waals surface area (Å²) >= 11 is 0. The van der Waals surface area contributed by atoms with Crippen molar-refractivity contribution in [3.63, 3.8) is 0 Å². The second kappa shape index (κ2) is 11.9. The first kappa shape index (κ1) is 34.7. The number of ether oxygens (including phenoxy) is 2. The zero-order valence-electron chi connectivity index (χ0n) is 28.9. The van der Waals surface area contributed by atoms with Gasteiger partial charge >= 0.3 is 24.4 Å². The zero-order valence-corrected chi connectivity index (χ0v) is 28.9. The average molecular weight is 726 g/mol. The Morgan fingerprint density at radius 2 is 1.56 bits per heavy atom. The van der Waals surface area contributed by atoms with Crippen molar-refractivity contribution in [1.82, 2.24) is 30.0 Å². The summed E-state index contributed by atoms with van der Waals surface area (Å²) in [5.41, 5.74) is -2.29. The van der Waals surface area contributed by atoms with Crippen LogP contribution >= 0.6 is 0 Å². The Hall–Kier alpha value is -5.75. The van der Waals surface area contributed by atoms with Gasteiger partial charge in [0.25, 0.3) is 0 Å². The van der Waals surface area contributed by atoms with Gasteiger partial charge in [0.2, 0.25) is 0 Å². The molecule has 0 bridgehead atoms. The Morgan fingerprint density at radius 1 is 0.904 bits per heavy atom. The first-order valence-corrected chi connectivity index (χ1v) is 16.3. The van der Waals surface area contributed by atoms with Crippen molar-refractivity contribution in [2.24, 2.45) is 0 Å². The van der Waals surface area contributed by atoms with Gasteiger partial charge in [0.05, 0.1) is 11.1 Å². The number of benzene rings is 1. The van der Waals surface area contributed by atoms with Crippen molar-refractivity contribution in [1.29, 1.82) is 0 Å². The highest BCUT2D eigenvalue weighted by Crippen LogP contribution is 2.59. The van der Waals surface area contributed by atoms with Crippen molar-refractivity contribution in [2.45, 2.75) is 96.1 Å². The van der Waals surface area contributed by atoms with Crippen LogP contribution in [0.25, 0.3) is 33.2 Å². The number of halogens is 3. The Kier molecular flexibility index (Phi) is 7.95. The highest BCUT2D eigenvalue weighted by molar-refractivity contribution is 6.17. The van der Waals surface area contributed by atoms with E-state index >= 15 is 0 Å². The number of urea groups is 1. The molecular formula is C33H34F3N9O7. The van der Waals surface area contributed by atoms with Crippen LogP contribution in [0.4, 0.5) is 44.9 Å². The van der Waals surface area contributed by atoms with E-state index in [1.807, 2.05) is 10.8 Å². The van der Waals surface area contributed by atoms with E-state index in [1.54, 1.807) is 47.6 Å². The molecule has 52 heavy (non-hydrogen) atoms. The minimum absolute atomic E-state index is 0.0917. The predicted molar refractivity (Wildman–Crippen MR) is 178 cm³/mol. The van der Waals surface area contributed by atoms with E-state index in [9.17, 15) is 27.6 Å². The van der Waals surface area contributed by atoms with Gasteiger partial charge in [-0.2, -0.15) is 18.1 Å². The monoisotopic (exact) mass is 725 g/mol. The number of carbonyl (C=O) groups is 3. The van der Waals surface area contributed by atoms with Crippen molar-refractivity contribution in [3.8, 4) is 11.1 Å². The summed E-state index contributed by atoms with van der Waals surface area (Å²) in [5.74, 6) is -0.693. The Bertz CT molecular complexity index is 2190. The third kappa shape index (κ3) is 6.45. The fraction of sp³-hybridized carbons (Fsp3) is 0.455. The molecule has 1 aromatic carbocycles. The third-order valence-electron chi connectivity index (χ3n) is 8.36. The lowest BCUT2D eigenvalue weighted by Crippen LogP contribution is -2.44. The molecule has 0 aliphatic heterocycles. The van der Waals surface area contributed by atoms with Gasteiger partial charge in [-0.15, -0.1) is 0 Å². The molecule has 2 aliphatic rings. The quantitative estimate of drug-likeness (QED) is 0.172.